The standard InChI is InChI=1S/F2O.V/c1-3-2;/q;+2. The molecule has 0 spiro atoms. The van der Waals surface area contributed by atoms with Crippen LogP contribution in [0.4, 0.5) is 9.05 Å². The molecule has 0 aromatic rings. The minimum atomic E-state index is 0. The normalized spacial score (nSPS) is 4.50. The van der Waals surface area contributed by atoms with Crippen molar-refractivity contribution in [3.05, 3.63) is 0 Å². The Morgan fingerprint density at radius 3 is 1.25 bits per heavy atom. The summed E-state index contributed by atoms with van der Waals surface area (Å²) in [7, 11) is 0. The third kappa shape index (κ3) is 29.0. The van der Waals surface area contributed by atoms with Crippen LogP contribution in [0.3, 0.4) is 0 Å². The first-order valence-electron chi connectivity index (χ1n) is 0.309. The summed E-state index contributed by atoms with van der Waals surface area (Å²) in [6.45, 7) is 0. The Morgan fingerprint density at radius 2 is 1.25 bits per heavy atom. The Kier molecular flexibility index (Phi) is 22.0. The van der Waals surface area contributed by atoms with E-state index in [0.717, 1.165) is 0 Å². The van der Waals surface area contributed by atoms with Gasteiger partial charge in [-0.1, -0.05) is 0 Å². The molecule has 0 N–H and O–H groups in total. The molecular weight excluding hydrogens is 105 g/mol. The zero-order chi connectivity index (χ0) is 2.71. The number of hydrogen-bond donors (Lipinski definition) is 0. The summed E-state index contributed by atoms with van der Waals surface area (Å²) >= 11 is 0. The maximum Gasteiger partial charge on any atom is 2.00 e. The Labute approximate surface area is 33.6 Å². The van der Waals surface area contributed by atoms with Gasteiger partial charge in [0.25, 0.3) is 0 Å². The Balaban J connectivity index is 0. The first kappa shape index (κ1) is 8.83. The first-order chi connectivity index (χ1) is 1.41. The van der Waals surface area contributed by atoms with Crippen molar-refractivity contribution in [3.8, 4) is 0 Å². The van der Waals surface area contributed by atoms with Gasteiger partial charge in [0, 0.05) is 5.15 Å². The molecule has 0 rings (SSSR count). The summed E-state index contributed by atoms with van der Waals surface area (Å²) in [4.78, 5) is 0. The molecule has 0 aromatic heterocycles. The van der Waals surface area contributed by atoms with E-state index in [4.69, 9.17) is 9.05 Å². The molecule has 0 atom stereocenters. The van der Waals surface area contributed by atoms with Crippen LogP contribution in [0.1, 0.15) is 0 Å². The average molecular weight is 105 g/mol. The van der Waals surface area contributed by atoms with Crippen LogP contribution in [-0.2, 0) is 23.7 Å². The quantitative estimate of drug-likeness (QED) is 0.442. The molecular formula is F2OV+2. The predicted molar refractivity (Wildman–Crippen MR) is 3.30 cm³/mol. The Bertz CT molecular complexity index is 6.00. The molecule has 0 saturated carbocycles. The van der Waals surface area contributed by atoms with Crippen LogP contribution in [0, 0.1) is 0 Å². The van der Waals surface area contributed by atoms with Crippen LogP contribution < -0.4 is 0 Å². The number of halogens is 2. The van der Waals surface area contributed by atoms with E-state index in [1.54, 1.807) is 0 Å². The molecule has 0 aliphatic carbocycles. The zero-order valence-electron chi connectivity index (χ0n) is 1.61. The molecule has 0 heterocycles. The first-order valence-corrected chi connectivity index (χ1v) is 0.309. The van der Waals surface area contributed by atoms with Gasteiger partial charge in [0.2, 0.25) is 0 Å². The summed E-state index contributed by atoms with van der Waals surface area (Å²) < 4.78 is 18.2. The van der Waals surface area contributed by atoms with Crippen LogP contribution in [0.25, 0.3) is 0 Å². The third-order valence-electron chi connectivity index (χ3n) is 0. The molecule has 0 fully saturated rings. The summed E-state index contributed by atoms with van der Waals surface area (Å²) in [5, 5.41) is 1.25. The van der Waals surface area contributed by atoms with Crippen molar-refractivity contribution in [3.63, 3.8) is 0 Å². The van der Waals surface area contributed by atoms with Crippen LogP contribution in [0.5, 0.6) is 0 Å². The van der Waals surface area contributed by atoms with E-state index < -0.39 is 0 Å². The maximum atomic E-state index is 9.12. The van der Waals surface area contributed by atoms with Gasteiger partial charge < -0.3 is 0 Å². The maximum absolute atomic E-state index is 9.12. The molecule has 0 saturated heterocycles. The predicted octanol–water partition coefficient (Wildman–Crippen LogP) is 0.770. The van der Waals surface area contributed by atoms with E-state index in [1.165, 1.54) is 5.15 Å². The van der Waals surface area contributed by atoms with Crippen LogP contribution >= 0.6 is 0 Å². The van der Waals surface area contributed by atoms with Crippen molar-refractivity contribution in [2.45, 2.75) is 0 Å². The molecule has 1 radical (unpaired) electrons. The van der Waals surface area contributed by atoms with Crippen LogP contribution in [-0.4, -0.2) is 0 Å². The fourth-order valence-corrected chi connectivity index (χ4v) is 0. The molecule has 0 aromatic carbocycles. The summed E-state index contributed by atoms with van der Waals surface area (Å²) in [6, 6.07) is 0. The minimum Gasteiger partial charge on any atom is -0.0104 e. The van der Waals surface area contributed by atoms with E-state index in [-0.39, 0.29) is 18.6 Å². The molecule has 4 heteroatoms. The van der Waals surface area contributed by atoms with Crippen molar-refractivity contribution in [1.29, 1.82) is 0 Å². The number of hydrogen-bond acceptors (Lipinski definition) is 1. The smallest absolute Gasteiger partial charge is 0.0104 e. The second kappa shape index (κ2) is 9.98. The van der Waals surface area contributed by atoms with Gasteiger partial charge >= 0.3 is 18.6 Å². The zero-order valence-corrected chi connectivity index (χ0v) is 3.01. The van der Waals surface area contributed by atoms with Gasteiger partial charge in [-0.2, -0.15) is 0 Å². The van der Waals surface area contributed by atoms with Crippen LogP contribution in [0.15, 0.2) is 0 Å². The largest absolute Gasteiger partial charge is 2.00 e. The summed E-state index contributed by atoms with van der Waals surface area (Å²) in [5.41, 5.74) is 0. The van der Waals surface area contributed by atoms with Gasteiger partial charge in [0.15, 0.2) is 0 Å². The van der Waals surface area contributed by atoms with Crippen molar-refractivity contribution >= 4 is 0 Å². The van der Waals surface area contributed by atoms with Crippen molar-refractivity contribution in [2.75, 3.05) is 0 Å². The molecule has 23 valence electrons. The molecule has 1 nitrogen and oxygen atoms in total. The van der Waals surface area contributed by atoms with E-state index in [0.29, 0.717) is 0 Å². The van der Waals surface area contributed by atoms with E-state index in [9.17, 15) is 0 Å². The minimum absolute atomic E-state index is 0. The van der Waals surface area contributed by atoms with Gasteiger partial charge in [-0.15, -0.1) is 0 Å². The van der Waals surface area contributed by atoms with Gasteiger partial charge in [0.1, 0.15) is 0 Å². The number of rotatable bonds is 0. The second-order valence-corrected chi connectivity index (χ2v) is 0.0583. The molecule has 0 bridgehead atoms. The Hall–Kier alpha value is 0.404. The van der Waals surface area contributed by atoms with Crippen molar-refractivity contribution in [1.82, 2.24) is 0 Å². The van der Waals surface area contributed by atoms with Gasteiger partial charge in [-0.25, -0.2) is 0 Å². The molecule has 0 aliphatic rings. The second-order valence-electron chi connectivity index (χ2n) is 0.0583. The fraction of sp³-hybridized carbons (Fsp3) is 0. The van der Waals surface area contributed by atoms with Crippen molar-refractivity contribution in [2.24, 2.45) is 0 Å². The molecule has 0 unspecified atom stereocenters. The average Bonchev–Trinajstić information content (AvgIpc) is 0.918. The summed E-state index contributed by atoms with van der Waals surface area (Å²) in [6.07, 6.45) is 0. The van der Waals surface area contributed by atoms with Gasteiger partial charge in [0.05, 0.1) is 0 Å². The molecule has 0 amide bonds. The van der Waals surface area contributed by atoms with Gasteiger partial charge in [-0.3, -0.25) is 0 Å². The summed E-state index contributed by atoms with van der Waals surface area (Å²) in [5.74, 6) is 0. The van der Waals surface area contributed by atoms with E-state index >= 15 is 0 Å². The van der Waals surface area contributed by atoms with Crippen molar-refractivity contribution < 1.29 is 32.8 Å². The van der Waals surface area contributed by atoms with Crippen LogP contribution in [0.2, 0.25) is 0 Å². The Morgan fingerprint density at radius 1 is 1.25 bits per heavy atom. The molecule has 0 aliphatic heterocycles. The van der Waals surface area contributed by atoms with E-state index in [1.807, 2.05) is 0 Å². The van der Waals surface area contributed by atoms with Gasteiger partial charge in [-0.05, 0) is 9.05 Å². The van der Waals surface area contributed by atoms with E-state index in [2.05, 4.69) is 0 Å². The third-order valence-corrected chi connectivity index (χ3v) is 0. The molecule has 4 heavy (non-hydrogen) atoms. The fourth-order valence-electron chi connectivity index (χ4n) is 0. The monoisotopic (exact) mass is 105 g/mol. The SMILES string of the molecule is FOF.[V+2]. The topological polar surface area (TPSA) is 9.23 Å².